The number of carbonyl (C=O) groups is 1. The maximum Gasteiger partial charge on any atom is 0.234 e. The fraction of sp³-hybridized carbons (Fsp3) is 0.208. The van der Waals surface area contributed by atoms with Gasteiger partial charge in [0, 0.05) is 11.3 Å². The Kier molecular flexibility index (Phi) is 6.76. The standard InChI is InChI=1S/C24H23ClN4O3S/c1-14-5-7-19(18(25)9-14)28-22(30)13-33-23-10-15(2)27-24-17(12-26-29(23)24)16-6-8-20(31-3)21(11-16)32-4/h5-12H,13H2,1-4H3,(H,28,30). The Balaban J connectivity index is 1.58. The monoisotopic (exact) mass is 482 g/mol. The molecular weight excluding hydrogens is 460 g/mol. The number of hydrogen-bond donors (Lipinski definition) is 1. The highest BCUT2D eigenvalue weighted by Crippen LogP contribution is 2.34. The third-order valence-electron chi connectivity index (χ3n) is 5.01. The van der Waals surface area contributed by atoms with Crippen LogP contribution < -0.4 is 14.8 Å². The molecule has 0 aliphatic rings. The van der Waals surface area contributed by atoms with Crippen molar-refractivity contribution >= 4 is 40.6 Å². The van der Waals surface area contributed by atoms with Gasteiger partial charge in [0.15, 0.2) is 17.1 Å². The number of thioether (sulfide) groups is 1. The first-order valence-corrected chi connectivity index (χ1v) is 11.5. The summed E-state index contributed by atoms with van der Waals surface area (Å²) in [7, 11) is 3.20. The summed E-state index contributed by atoms with van der Waals surface area (Å²) in [4.78, 5) is 17.2. The predicted octanol–water partition coefficient (Wildman–Crippen LogP) is 5.41. The molecule has 1 amide bonds. The lowest BCUT2D eigenvalue weighted by Crippen LogP contribution is -2.14. The minimum atomic E-state index is -0.152. The second-order valence-corrected chi connectivity index (χ2v) is 8.82. The van der Waals surface area contributed by atoms with Gasteiger partial charge in [-0.15, -0.1) is 0 Å². The highest BCUT2D eigenvalue weighted by molar-refractivity contribution is 7.99. The lowest BCUT2D eigenvalue weighted by atomic mass is 10.1. The van der Waals surface area contributed by atoms with Crippen LogP contribution in [0.5, 0.6) is 11.5 Å². The summed E-state index contributed by atoms with van der Waals surface area (Å²) in [5.74, 6) is 1.33. The summed E-state index contributed by atoms with van der Waals surface area (Å²) in [6.07, 6.45) is 1.76. The molecule has 9 heteroatoms. The van der Waals surface area contributed by atoms with Gasteiger partial charge < -0.3 is 14.8 Å². The minimum Gasteiger partial charge on any atom is -0.493 e. The fourth-order valence-electron chi connectivity index (χ4n) is 3.41. The van der Waals surface area contributed by atoms with Crippen LogP contribution in [0.4, 0.5) is 5.69 Å². The van der Waals surface area contributed by atoms with Crippen LogP contribution in [0.3, 0.4) is 0 Å². The van der Waals surface area contributed by atoms with Crippen LogP contribution in [-0.4, -0.2) is 40.5 Å². The van der Waals surface area contributed by atoms with Crippen LogP contribution in [0.2, 0.25) is 5.02 Å². The highest BCUT2D eigenvalue weighted by atomic mass is 35.5. The second-order valence-electron chi connectivity index (χ2n) is 7.42. The number of aryl methyl sites for hydroxylation is 2. The van der Waals surface area contributed by atoms with Crippen molar-refractivity contribution in [3.8, 4) is 22.6 Å². The van der Waals surface area contributed by atoms with Gasteiger partial charge in [-0.05, 0) is 55.3 Å². The molecule has 7 nitrogen and oxygen atoms in total. The highest BCUT2D eigenvalue weighted by Gasteiger charge is 2.16. The smallest absolute Gasteiger partial charge is 0.234 e. The summed E-state index contributed by atoms with van der Waals surface area (Å²) >= 11 is 7.61. The molecule has 33 heavy (non-hydrogen) atoms. The fourth-order valence-corrected chi connectivity index (χ4v) is 4.55. The van der Waals surface area contributed by atoms with Crippen LogP contribution in [-0.2, 0) is 4.79 Å². The molecule has 1 N–H and O–H groups in total. The summed E-state index contributed by atoms with van der Waals surface area (Å²) in [6, 6.07) is 13.1. The number of rotatable bonds is 7. The molecule has 0 radical (unpaired) electrons. The third kappa shape index (κ3) is 4.91. The van der Waals surface area contributed by atoms with Crippen LogP contribution in [0.15, 0.2) is 53.7 Å². The van der Waals surface area contributed by atoms with Gasteiger partial charge in [-0.25, -0.2) is 9.50 Å². The van der Waals surface area contributed by atoms with E-state index in [1.165, 1.54) is 11.8 Å². The quantitative estimate of drug-likeness (QED) is 0.280. The average molecular weight is 483 g/mol. The van der Waals surface area contributed by atoms with Crippen molar-refractivity contribution in [3.63, 3.8) is 0 Å². The topological polar surface area (TPSA) is 77.8 Å². The van der Waals surface area contributed by atoms with E-state index in [-0.39, 0.29) is 11.7 Å². The average Bonchev–Trinajstić information content (AvgIpc) is 3.22. The Bertz CT molecular complexity index is 1340. The van der Waals surface area contributed by atoms with Crippen molar-refractivity contribution < 1.29 is 14.3 Å². The number of nitrogens with zero attached hydrogens (tertiary/aromatic N) is 3. The molecule has 0 saturated heterocycles. The number of hydrogen-bond acceptors (Lipinski definition) is 6. The Hall–Kier alpha value is -3.23. The molecule has 0 bridgehead atoms. The number of nitrogens with one attached hydrogen (secondary N) is 1. The van der Waals surface area contributed by atoms with Crippen LogP contribution in [0, 0.1) is 13.8 Å². The number of amides is 1. The molecule has 0 atom stereocenters. The molecule has 2 aromatic heterocycles. The predicted molar refractivity (Wildman–Crippen MR) is 132 cm³/mol. The molecule has 0 spiro atoms. The number of methoxy groups -OCH3 is 2. The Morgan fingerprint density at radius 3 is 2.61 bits per heavy atom. The lowest BCUT2D eigenvalue weighted by Gasteiger charge is -2.10. The molecule has 4 aromatic rings. The number of ether oxygens (including phenoxy) is 2. The van der Waals surface area contributed by atoms with Crippen molar-refractivity contribution in [1.82, 2.24) is 14.6 Å². The van der Waals surface area contributed by atoms with Gasteiger partial charge in [0.1, 0.15) is 5.03 Å². The molecule has 0 saturated carbocycles. The molecule has 0 fully saturated rings. The minimum absolute atomic E-state index is 0.152. The van der Waals surface area contributed by atoms with Crippen molar-refractivity contribution in [3.05, 3.63) is 64.9 Å². The van der Waals surface area contributed by atoms with E-state index >= 15 is 0 Å². The SMILES string of the molecule is COc1ccc(-c2cnn3c(SCC(=O)Nc4ccc(C)cc4Cl)cc(C)nc23)cc1OC. The number of aromatic nitrogens is 3. The van der Waals surface area contributed by atoms with E-state index in [1.54, 1.807) is 31.0 Å². The van der Waals surface area contributed by atoms with E-state index in [4.69, 9.17) is 21.1 Å². The molecule has 0 aliphatic heterocycles. The van der Waals surface area contributed by atoms with Gasteiger partial charge in [0.25, 0.3) is 0 Å². The second kappa shape index (κ2) is 9.72. The van der Waals surface area contributed by atoms with Crippen LogP contribution in [0.1, 0.15) is 11.3 Å². The summed E-state index contributed by atoms with van der Waals surface area (Å²) in [6.45, 7) is 3.87. The van der Waals surface area contributed by atoms with E-state index < -0.39 is 0 Å². The maximum absolute atomic E-state index is 12.5. The molecule has 2 heterocycles. The number of halogens is 1. The van der Waals surface area contributed by atoms with Gasteiger partial charge in [0.05, 0.1) is 36.9 Å². The number of benzene rings is 2. The van der Waals surface area contributed by atoms with Gasteiger partial charge in [-0.1, -0.05) is 35.5 Å². The molecule has 170 valence electrons. The number of fused-ring (bicyclic) bond motifs is 1. The summed E-state index contributed by atoms with van der Waals surface area (Å²) < 4.78 is 12.5. The molecular formula is C24H23ClN4O3S. The normalized spacial score (nSPS) is 10.9. The lowest BCUT2D eigenvalue weighted by molar-refractivity contribution is -0.113. The third-order valence-corrected chi connectivity index (χ3v) is 6.32. The van der Waals surface area contributed by atoms with Crippen molar-refractivity contribution in [2.75, 3.05) is 25.3 Å². The van der Waals surface area contributed by atoms with Crippen molar-refractivity contribution in [2.45, 2.75) is 18.9 Å². The van der Waals surface area contributed by atoms with E-state index in [0.717, 1.165) is 27.4 Å². The van der Waals surface area contributed by atoms with Crippen LogP contribution in [0.25, 0.3) is 16.8 Å². The number of anilines is 1. The van der Waals surface area contributed by atoms with Crippen molar-refractivity contribution in [1.29, 1.82) is 0 Å². The van der Waals surface area contributed by atoms with Gasteiger partial charge in [-0.2, -0.15) is 5.10 Å². The van der Waals surface area contributed by atoms with E-state index in [2.05, 4.69) is 15.4 Å². The molecule has 4 rings (SSSR count). The van der Waals surface area contributed by atoms with Crippen molar-refractivity contribution in [2.24, 2.45) is 0 Å². The first-order valence-electron chi connectivity index (χ1n) is 10.2. The molecule has 0 aliphatic carbocycles. The molecule has 0 unspecified atom stereocenters. The van der Waals surface area contributed by atoms with Gasteiger partial charge in [0.2, 0.25) is 5.91 Å². The largest absolute Gasteiger partial charge is 0.493 e. The Morgan fingerprint density at radius 2 is 1.88 bits per heavy atom. The van der Waals surface area contributed by atoms with E-state index in [1.807, 2.05) is 50.2 Å². The van der Waals surface area contributed by atoms with Gasteiger partial charge in [-0.3, -0.25) is 4.79 Å². The Labute approximate surface area is 201 Å². The van der Waals surface area contributed by atoms with E-state index in [0.29, 0.717) is 27.9 Å². The zero-order chi connectivity index (χ0) is 23.5. The first-order chi connectivity index (χ1) is 15.9. The zero-order valence-corrected chi connectivity index (χ0v) is 20.3. The molecule has 2 aromatic carbocycles. The number of carbonyl (C=O) groups excluding carboxylic acids is 1. The summed E-state index contributed by atoms with van der Waals surface area (Å²) in [5, 5.41) is 8.72. The van der Waals surface area contributed by atoms with E-state index in [9.17, 15) is 4.79 Å². The maximum atomic E-state index is 12.5. The van der Waals surface area contributed by atoms with Gasteiger partial charge >= 0.3 is 0 Å². The summed E-state index contributed by atoms with van der Waals surface area (Å²) in [5.41, 5.74) is 4.92. The first kappa shape index (κ1) is 22.9. The van der Waals surface area contributed by atoms with Crippen LogP contribution >= 0.6 is 23.4 Å². The Morgan fingerprint density at radius 1 is 1.09 bits per heavy atom. The zero-order valence-electron chi connectivity index (χ0n) is 18.7.